The molecule has 0 atom stereocenters. The van der Waals surface area contributed by atoms with E-state index in [1.54, 1.807) is 12.3 Å². The zero-order valence-electron chi connectivity index (χ0n) is 13.1. The molecule has 0 radical (unpaired) electrons. The molecule has 1 aliphatic carbocycles. The summed E-state index contributed by atoms with van der Waals surface area (Å²) in [7, 11) is 0. The Morgan fingerprint density at radius 2 is 2.00 bits per heavy atom. The average Bonchev–Trinajstić information content (AvgIpc) is 3.39. The molecule has 0 spiro atoms. The summed E-state index contributed by atoms with van der Waals surface area (Å²) in [6.45, 7) is 5.81. The predicted octanol–water partition coefficient (Wildman–Crippen LogP) is 5.87. The monoisotopic (exact) mass is 303 g/mol. The zero-order chi connectivity index (χ0) is 16.0. The molecule has 3 aromatic rings. The number of benzene rings is 2. The zero-order valence-corrected chi connectivity index (χ0v) is 13.1. The van der Waals surface area contributed by atoms with Crippen LogP contribution in [0.15, 0.2) is 49.2 Å². The van der Waals surface area contributed by atoms with Crippen molar-refractivity contribution in [3.63, 3.8) is 0 Å². The van der Waals surface area contributed by atoms with Gasteiger partial charge in [0.25, 0.3) is 0 Å². The largest absolute Gasteiger partial charge is 0.256 e. The molecular weight excluding hydrogens is 285 g/mol. The molecule has 1 aliphatic rings. The van der Waals surface area contributed by atoms with Crippen LogP contribution in [0.5, 0.6) is 0 Å². The first-order chi connectivity index (χ1) is 11.2. The Balaban J connectivity index is 2.04. The molecule has 1 nitrogen and oxygen atoms in total. The van der Waals surface area contributed by atoms with Gasteiger partial charge in [-0.25, -0.2) is 4.39 Å². The number of rotatable bonds is 3. The third kappa shape index (κ3) is 2.44. The van der Waals surface area contributed by atoms with Crippen LogP contribution in [0.4, 0.5) is 4.39 Å². The van der Waals surface area contributed by atoms with Gasteiger partial charge in [0.1, 0.15) is 5.82 Å². The van der Waals surface area contributed by atoms with Gasteiger partial charge in [0.05, 0.1) is 5.52 Å². The van der Waals surface area contributed by atoms with Crippen LogP contribution < -0.4 is 0 Å². The lowest BCUT2D eigenvalue weighted by atomic mass is 9.94. The van der Waals surface area contributed by atoms with E-state index in [9.17, 15) is 4.39 Å². The van der Waals surface area contributed by atoms with Crippen molar-refractivity contribution in [1.82, 2.24) is 4.98 Å². The topological polar surface area (TPSA) is 12.9 Å². The molecule has 1 saturated carbocycles. The van der Waals surface area contributed by atoms with Gasteiger partial charge in [-0.3, -0.25) is 4.98 Å². The van der Waals surface area contributed by atoms with Crippen molar-refractivity contribution in [3.05, 3.63) is 71.7 Å². The second kappa shape index (κ2) is 5.31. The summed E-state index contributed by atoms with van der Waals surface area (Å²) < 4.78 is 15.0. The number of fused-ring (bicyclic) bond motifs is 1. The lowest BCUT2D eigenvalue weighted by Crippen LogP contribution is -1.95. The van der Waals surface area contributed by atoms with Gasteiger partial charge in [0, 0.05) is 28.3 Å². The maximum absolute atomic E-state index is 15.0. The van der Waals surface area contributed by atoms with E-state index >= 15 is 0 Å². The summed E-state index contributed by atoms with van der Waals surface area (Å²) in [5, 5.41) is 1.04. The molecule has 0 aliphatic heterocycles. The summed E-state index contributed by atoms with van der Waals surface area (Å²) >= 11 is 0. The lowest BCUT2D eigenvalue weighted by molar-refractivity contribution is 0.628. The predicted molar refractivity (Wildman–Crippen MR) is 93.9 cm³/mol. The van der Waals surface area contributed by atoms with Crippen molar-refractivity contribution in [1.29, 1.82) is 0 Å². The number of pyridine rings is 1. The Labute approximate surface area is 135 Å². The molecule has 1 heterocycles. The van der Waals surface area contributed by atoms with Crippen molar-refractivity contribution in [3.8, 4) is 11.1 Å². The van der Waals surface area contributed by atoms with E-state index < -0.39 is 0 Å². The highest BCUT2D eigenvalue weighted by Crippen LogP contribution is 2.43. The minimum atomic E-state index is -0.207. The minimum absolute atomic E-state index is 0.207. The second-order valence-corrected chi connectivity index (χ2v) is 6.34. The Kier molecular flexibility index (Phi) is 3.26. The van der Waals surface area contributed by atoms with Gasteiger partial charge in [-0.1, -0.05) is 18.7 Å². The highest BCUT2D eigenvalue weighted by atomic mass is 19.1. The SMILES string of the molecule is C=Cc1cc(C2CC2)cc(-c2cc(C)cc3cccnc23)c1F. The maximum atomic E-state index is 15.0. The molecule has 2 aromatic carbocycles. The fraction of sp³-hybridized carbons (Fsp3) is 0.190. The third-order valence-electron chi connectivity index (χ3n) is 4.53. The number of nitrogens with zero attached hydrogens (tertiary/aromatic N) is 1. The van der Waals surface area contributed by atoms with E-state index in [0.29, 0.717) is 17.0 Å². The molecule has 0 bridgehead atoms. The van der Waals surface area contributed by atoms with Crippen molar-refractivity contribution in [2.75, 3.05) is 0 Å². The molecule has 114 valence electrons. The number of halogens is 1. The van der Waals surface area contributed by atoms with Crippen LogP contribution in [-0.2, 0) is 0 Å². The standard InChI is InChI=1S/C21H18FN/c1-3-14-11-17(15-6-7-15)12-18(20(14)22)19-10-13(2)9-16-5-4-8-23-21(16)19/h3-5,8-12,15H,1,6-7H2,2H3. The normalized spacial score (nSPS) is 14.2. The van der Waals surface area contributed by atoms with E-state index in [2.05, 4.69) is 17.6 Å². The van der Waals surface area contributed by atoms with Gasteiger partial charge in [0.15, 0.2) is 0 Å². The summed E-state index contributed by atoms with van der Waals surface area (Å²) in [4.78, 5) is 4.49. The number of aromatic nitrogens is 1. The van der Waals surface area contributed by atoms with Crippen LogP contribution in [0.2, 0.25) is 0 Å². The van der Waals surface area contributed by atoms with E-state index in [1.165, 1.54) is 18.4 Å². The van der Waals surface area contributed by atoms with E-state index in [0.717, 1.165) is 22.0 Å². The van der Waals surface area contributed by atoms with Crippen molar-refractivity contribution in [2.24, 2.45) is 0 Å². The van der Waals surface area contributed by atoms with E-state index in [-0.39, 0.29) is 5.82 Å². The fourth-order valence-electron chi connectivity index (χ4n) is 3.21. The molecule has 1 aromatic heterocycles. The summed E-state index contributed by atoms with van der Waals surface area (Å²) in [5.41, 5.74) is 5.24. The highest BCUT2D eigenvalue weighted by molar-refractivity contribution is 5.94. The molecule has 4 rings (SSSR count). The van der Waals surface area contributed by atoms with Gasteiger partial charge in [-0.05, 0) is 67.1 Å². The van der Waals surface area contributed by atoms with Crippen molar-refractivity contribution >= 4 is 17.0 Å². The van der Waals surface area contributed by atoms with Crippen molar-refractivity contribution in [2.45, 2.75) is 25.7 Å². The molecule has 1 fully saturated rings. The van der Waals surface area contributed by atoms with E-state index in [1.807, 2.05) is 37.3 Å². The fourth-order valence-corrected chi connectivity index (χ4v) is 3.21. The smallest absolute Gasteiger partial charge is 0.138 e. The Morgan fingerprint density at radius 3 is 2.74 bits per heavy atom. The van der Waals surface area contributed by atoms with Gasteiger partial charge in [-0.15, -0.1) is 0 Å². The van der Waals surface area contributed by atoms with Crippen LogP contribution in [0.3, 0.4) is 0 Å². The summed E-state index contributed by atoms with van der Waals surface area (Å²) in [6.07, 6.45) is 5.75. The Bertz CT molecular complexity index is 923. The van der Waals surface area contributed by atoms with Crippen molar-refractivity contribution < 1.29 is 4.39 Å². The first-order valence-corrected chi connectivity index (χ1v) is 7.99. The first-order valence-electron chi connectivity index (χ1n) is 7.99. The number of hydrogen-bond acceptors (Lipinski definition) is 1. The Hall–Kier alpha value is -2.48. The summed E-state index contributed by atoms with van der Waals surface area (Å²) in [6, 6.07) is 12.0. The molecular formula is C21H18FN. The third-order valence-corrected chi connectivity index (χ3v) is 4.53. The van der Waals surface area contributed by atoms with E-state index in [4.69, 9.17) is 0 Å². The molecule has 2 heteroatoms. The molecule has 23 heavy (non-hydrogen) atoms. The molecule has 0 unspecified atom stereocenters. The second-order valence-electron chi connectivity index (χ2n) is 6.34. The van der Waals surface area contributed by atoms with Crippen LogP contribution in [0.25, 0.3) is 28.1 Å². The minimum Gasteiger partial charge on any atom is -0.256 e. The first kappa shape index (κ1) is 14.1. The molecule has 0 amide bonds. The molecule has 0 saturated heterocycles. The molecule has 0 N–H and O–H groups in total. The van der Waals surface area contributed by atoms with Gasteiger partial charge in [-0.2, -0.15) is 0 Å². The quantitative estimate of drug-likeness (QED) is 0.589. The number of hydrogen-bond donors (Lipinski definition) is 0. The van der Waals surface area contributed by atoms with Crippen LogP contribution in [0, 0.1) is 12.7 Å². The van der Waals surface area contributed by atoms with Gasteiger partial charge in [0.2, 0.25) is 0 Å². The van der Waals surface area contributed by atoms with Gasteiger partial charge < -0.3 is 0 Å². The Morgan fingerprint density at radius 1 is 1.17 bits per heavy atom. The van der Waals surface area contributed by atoms with Gasteiger partial charge >= 0.3 is 0 Å². The van der Waals surface area contributed by atoms with Crippen LogP contribution in [-0.4, -0.2) is 4.98 Å². The average molecular weight is 303 g/mol. The highest BCUT2D eigenvalue weighted by Gasteiger charge is 2.26. The van der Waals surface area contributed by atoms with Crippen LogP contribution >= 0.6 is 0 Å². The van der Waals surface area contributed by atoms with Crippen LogP contribution in [0.1, 0.15) is 35.4 Å². The maximum Gasteiger partial charge on any atom is 0.138 e. The summed E-state index contributed by atoms with van der Waals surface area (Å²) in [5.74, 6) is 0.360. The number of aryl methyl sites for hydroxylation is 1. The lowest BCUT2D eigenvalue weighted by Gasteiger charge is -2.13.